The molecule has 0 bridgehead atoms. The number of aliphatic imine (C=N–C) groups is 1. The molecule has 4 heteroatoms. The molecule has 0 spiro atoms. The van der Waals surface area contributed by atoms with Crippen LogP contribution in [-0.2, 0) is 6.54 Å². The van der Waals surface area contributed by atoms with Gasteiger partial charge in [0.25, 0.3) is 0 Å². The molecular formula is C11H20N4. The lowest BCUT2D eigenvalue weighted by atomic mass is 10.5. The van der Waals surface area contributed by atoms with Crippen molar-refractivity contribution in [1.82, 2.24) is 15.2 Å². The summed E-state index contributed by atoms with van der Waals surface area (Å²) in [5.74, 6) is 0.879. The lowest BCUT2D eigenvalue weighted by Crippen LogP contribution is -2.39. The summed E-state index contributed by atoms with van der Waals surface area (Å²) < 4.78 is 2.14. The van der Waals surface area contributed by atoms with Gasteiger partial charge in [-0.15, -0.1) is 0 Å². The molecule has 0 aliphatic rings. The summed E-state index contributed by atoms with van der Waals surface area (Å²) in [6, 6.07) is 4.06. The molecule has 1 heterocycles. The average Bonchev–Trinajstić information content (AvgIpc) is 2.76. The number of rotatable bonds is 5. The van der Waals surface area contributed by atoms with Gasteiger partial charge < -0.3 is 15.2 Å². The minimum Gasteiger partial charge on any atom is -0.356 e. The highest BCUT2D eigenvalue weighted by molar-refractivity contribution is 5.79. The first kappa shape index (κ1) is 11.6. The number of hydrogen-bond donors (Lipinski definition) is 2. The molecule has 2 N–H and O–H groups in total. The van der Waals surface area contributed by atoms with Gasteiger partial charge in [0.05, 0.1) is 0 Å². The van der Waals surface area contributed by atoms with Gasteiger partial charge in [0, 0.05) is 39.1 Å². The summed E-state index contributed by atoms with van der Waals surface area (Å²) in [6.07, 6.45) is 5.23. The minimum absolute atomic E-state index is 0.879. The Balaban J connectivity index is 2.17. The summed E-state index contributed by atoms with van der Waals surface area (Å²) in [5.41, 5.74) is 0. The van der Waals surface area contributed by atoms with Crippen LogP contribution in [0.5, 0.6) is 0 Å². The van der Waals surface area contributed by atoms with E-state index < -0.39 is 0 Å². The molecule has 0 amide bonds. The Bertz CT molecular complexity index is 277. The van der Waals surface area contributed by atoms with Crippen LogP contribution in [0.1, 0.15) is 13.3 Å². The van der Waals surface area contributed by atoms with E-state index in [4.69, 9.17) is 0 Å². The fraction of sp³-hybridized carbons (Fsp3) is 0.545. The van der Waals surface area contributed by atoms with E-state index in [0.29, 0.717) is 0 Å². The van der Waals surface area contributed by atoms with Crippen LogP contribution in [-0.4, -0.2) is 30.7 Å². The van der Waals surface area contributed by atoms with E-state index in [2.05, 4.69) is 39.5 Å². The average molecular weight is 208 g/mol. The van der Waals surface area contributed by atoms with Gasteiger partial charge >= 0.3 is 0 Å². The molecule has 1 aromatic heterocycles. The quantitative estimate of drug-likeness (QED) is 0.561. The Morgan fingerprint density at radius 3 is 2.47 bits per heavy atom. The van der Waals surface area contributed by atoms with E-state index in [9.17, 15) is 0 Å². The SMILES string of the molecule is CCCNC(=NC)NCCn1cccc1. The summed E-state index contributed by atoms with van der Waals surface area (Å²) in [4.78, 5) is 4.13. The standard InChI is InChI=1S/C11H20N4/c1-3-6-13-11(12-2)14-7-10-15-8-4-5-9-15/h4-5,8-9H,3,6-7,10H2,1-2H3,(H2,12,13,14). The molecular weight excluding hydrogens is 188 g/mol. The van der Waals surface area contributed by atoms with Crippen molar-refractivity contribution in [2.24, 2.45) is 4.99 Å². The van der Waals surface area contributed by atoms with Gasteiger partial charge in [0.1, 0.15) is 0 Å². The largest absolute Gasteiger partial charge is 0.356 e. The van der Waals surface area contributed by atoms with Crippen molar-refractivity contribution in [1.29, 1.82) is 0 Å². The molecule has 0 aromatic carbocycles. The predicted octanol–water partition coefficient (Wildman–Crippen LogP) is 1.06. The van der Waals surface area contributed by atoms with Crippen LogP contribution >= 0.6 is 0 Å². The smallest absolute Gasteiger partial charge is 0.191 e. The van der Waals surface area contributed by atoms with Crippen LogP contribution in [0.3, 0.4) is 0 Å². The zero-order chi connectivity index (χ0) is 10.9. The fourth-order valence-corrected chi connectivity index (χ4v) is 1.29. The van der Waals surface area contributed by atoms with Gasteiger partial charge in [-0.3, -0.25) is 4.99 Å². The first-order valence-electron chi connectivity index (χ1n) is 5.42. The van der Waals surface area contributed by atoms with Crippen LogP contribution < -0.4 is 10.6 Å². The van der Waals surface area contributed by atoms with Crippen molar-refractivity contribution in [2.45, 2.75) is 19.9 Å². The summed E-state index contributed by atoms with van der Waals surface area (Å²) in [6.45, 7) is 4.95. The summed E-state index contributed by atoms with van der Waals surface area (Å²) in [5, 5.41) is 6.49. The maximum absolute atomic E-state index is 4.13. The molecule has 0 saturated heterocycles. The topological polar surface area (TPSA) is 41.4 Å². The third kappa shape index (κ3) is 4.54. The van der Waals surface area contributed by atoms with Gasteiger partial charge in [-0.05, 0) is 18.6 Å². The van der Waals surface area contributed by atoms with Crippen molar-refractivity contribution in [3.63, 3.8) is 0 Å². The maximum atomic E-state index is 4.13. The second-order valence-electron chi connectivity index (χ2n) is 3.35. The number of nitrogens with zero attached hydrogens (tertiary/aromatic N) is 2. The predicted molar refractivity (Wildman–Crippen MR) is 64.1 cm³/mol. The molecule has 1 aromatic rings. The molecule has 1 rings (SSSR count). The van der Waals surface area contributed by atoms with E-state index in [-0.39, 0.29) is 0 Å². The van der Waals surface area contributed by atoms with Crippen LogP contribution in [0.15, 0.2) is 29.5 Å². The van der Waals surface area contributed by atoms with Gasteiger partial charge in [-0.1, -0.05) is 6.92 Å². The Kier molecular flexibility index (Phi) is 5.37. The van der Waals surface area contributed by atoms with Crippen LogP contribution in [0, 0.1) is 0 Å². The van der Waals surface area contributed by atoms with Gasteiger partial charge in [-0.25, -0.2) is 0 Å². The fourth-order valence-electron chi connectivity index (χ4n) is 1.29. The van der Waals surface area contributed by atoms with Crippen molar-refractivity contribution < 1.29 is 0 Å². The van der Waals surface area contributed by atoms with Gasteiger partial charge in [0.15, 0.2) is 5.96 Å². The molecule has 0 saturated carbocycles. The molecule has 0 unspecified atom stereocenters. The molecule has 0 radical (unpaired) electrons. The van der Waals surface area contributed by atoms with Crippen molar-refractivity contribution in [2.75, 3.05) is 20.1 Å². The van der Waals surface area contributed by atoms with E-state index >= 15 is 0 Å². The molecule has 0 fully saturated rings. The Hall–Kier alpha value is -1.45. The van der Waals surface area contributed by atoms with E-state index in [0.717, 1.165) is 32.0 Å². The molecule has 84 valence electrons. The Labute approximate surface area is 91.4 Å². The van der Waals surface area contributed by atoms with E-state index in [1.54, 1.807) is 7.05 Å². The summed E-state index contributed by atoms with van der Waals surface area (Å²) in [7, 11) is 1.79. The van der Waals surface area contributed by atoms with E-state index in [1.165, 1.54) is 0 Å². The summed E-state index contributed by atoms with van der Waals surface area (Å²) >= 11 is 0. The van der Waals surface area contributed by atoms with E-state index in [1.807, 2.05) is 12.1 Å². The monoisotopic (exact) mass is 208 g/mol. The molecule has 0 aliphatic heterocycles. The highest BCUT2D eigenvalue weighted by Crippen LogP contribution is 1.87. The first-order chi connectivity index (χ1) is 7.36. The zero-order valence-corrected chi connectivity index (χ0v) is 9.53. The van der Waals surface area contributed by atoms with Crippen LogP contribution in [0.4, 0.5) is 0 Å². The third-order valence-corrected chi connectivity index (χ3v) is 2.09. The normalized spacial score (nSPS) is 11.5. The molecule has 0 aliphatic carbocycles. The molecule has 15 heavy (non-hydrogen) atoms. The highest BCUT2D eigenvalue weighted by Gasteiger charge is 1.94. The third-order valence-electron chi connectivity index (χ3n) is 2.09. The number of guanidine groups is 1. The van der Waals surface area contributed by atoms with Crippen molar-refractivity contribution in [3.05, 3.63) is 24.5 Å². The lowest BCUT2D eigenvalue weighted by molar-refractivity contribution is 0.664. The zero-order valence-electron chi connectivity index (χ0n) is 9.53. The van der Waals surface area contributed by atoms with Crippen LogP contribution in [0.2, 0.25) is 0 Å². The highest BCUT2D eigenvalue weighted by atomic mass is 15.2. The van der Waals surface area contributed by atoms with Crippen molar-refractivity contribution >= 4 is 5.96 Å². The number of aromatic nitrogens is 1. The maximum Gasteiger partial charge on any atom is 0.191 e. The van der Waals surface area contributed by atoms with Gasteiger partial charge in [0.2, 0.25) is 0 Å². The second-order valence-corrected chi connectivity index (χ2v) is 3.35. The molecule has 0 atom stereocenters. The second kappa shape index (κ2) is 6.92. The van der Waals surface area contributed by atoms with Gasteiger partial charge in [-0.2, -0.15) is 0 Å². The molecule has 4 nitrogen and oxygen atoms in total. The van der Waals surface area contributed by atoms with Crippen LogP contribution in [0.25, 0.3) is 0 Å². The Morgan fingerprint density at radius 2 is 1.87 bits per heavy atom. The number of nitrogens with one attached hydrogen (secondary N) is 2. The Morgan fingerprint density at radius 1 is 1.20 bits per heavy atom. The first-order valence-corrected chi connectivity index (χ1v) is 5.42. The number of hydrogen-bond acceptors (Lipinski definition) is 1. The van der Waals surface area contributed by atoms with Crippen molar-refractivity contribution in [3.8, 4) is 0 Å². The minimum atomic E-state index is 0.879. The lowest BCUT2D eigenvalue weighted by Gasteiger charge is -2.11.